The first kappa shape index (κ1) is 14.8. The number of hydrogen-bond donors (Lipinski definition) is 1. The van der Waals surface area contributed by atoms with Crippen molar-refractivity contribution >= 4 is 86.9 Å². The summed E-state index contributed by atoms with van der Waals surface area (Å²) in [6.07, 6.45) is 0. The maximum absolute atomic E-state index is 8.36. The van der Waals surface area contributed by atoms with Crippen LogP contribution in [0.5, 0.6) is 0 Å². The number of carboxylic acid groups (broad SMARTS) is 1. The molecule has 1 N–H and O–H groups in total. The van der Waals surface area contributed by atoms with Gasteiger partial charge < -0.3 is 7.96 Å². The zero-order chi connectivity index (χ0) is 11.4. The number of carbonyl (C=O) groups is 1. The molecular weight excluding hydrogens is 358 g/mol. The van der Waals surface area contributed by atoms with Gasteiger partial charge in [0.2, 0.25) is 0 Å². The summed E-state index contributed by atoms with van der Waals surface area (Å²) in [5.41, 5.74) is 0. The molecular formula is C13H12BaO2S. The summed E-state index contributed by atoms with van der Waals surface area (Å²) < 4.78 is 2.76. The molecule has 0 saturated heterocycles. The Hall–Kier alpha value is -0.299. The van der Waals surface area contributed by atoms with Gasteiger partial charge in [-0.2, -0.15) is 0 Å². The van der Waals surface area contributed by atoms with Gasteiger partial charge in [0.05, 0.1) is 0 Å². The number of rotatable bonds is 0. The zero-order valence-electron chi connectivity index (χ0n) is 11.2. The van der Waals surface area contributed by atoms with Crippen molar-refractivity contribution in [2.45, 2.75) is 0 Å². The molecule has 0 saturated carbocycles. The van der Waals surface area contributed by atoms with Crippen LogP contribution in [0.2, 0.25) is 0 Å². The molecule has 0 atom stereocenters. The van der Waals surface area contributed by atoms with E-state index in [2.05, 4.69) is 48.5 Å². The second-order valence-corrected chi connectivity index (χ2v) is 4.28. The van der Waals surface area contributed by atoms with Crippen molar-refractivity contribution in [3.05, 3.63) is 48.5 Å². The Morgan fingerprint density at radius 3 is 1.71 bits per heavy atom. The smallest absolute Gasteiger partial charge is 1.00 e. The number of fused-ring (bicyclic) bond motifs is 3. The minimum absolute atomic E-state index is 0. The Labute approximate surface area is 146 Å². The van der Waals surface area contributed by atoms with E-state index >= 15 is 0 Å². The topological polar surface area (TPSA) is 37.3 Å². The van der Waals surface area contributed by atoms with Crippen molar-refractivity contribution in [3.63, 3.8) is 0 Å². The van der Waals surface area contributed by atoms with Gasteiger partial charge in [0, 0.05) is 20.2 Å². The molecule has 0 spiro atoms. The Kier molecular flexibility index (Phi) is 6.26. The molecule has 3 aromatic rings. The van der Waals surface area contributed by atoms with Crippen LogP contribution >= 0.6 is 11.3 Å². The van der Waals surface area contributed by atoms with E-state index in [-0.39, 0.29) is 58.2 Å². The molecule has 17 heavy (non-hydrogen) atoms. The van der Waals surface area contributed by atoms with Gasteiger partial charge in [0.1, 0.15) is 0 Å². The summed E-state index contributed by atoms with van der Waals surface area (Å²) >= 11 is 1.86. The summed E-state index contributed by atoms with van der Waals surface area (Å²) in [4.78, 5) is 8.36. The van der Waals surface area contributed by atoms with Crippen LogP contribution in [0.25, 0.3) is 20.2 Å². The van der Waals surface area contributed by atoms with E-state index in [9.17, 15) is 0 Å². The molecule has 0 aliphatic heterocycles. The van der Waals surface area contributed by atoms with Crippen molar-refractivity contribution in [1.29, 1.82) is 0 Å². The number of hydrogen-bond acceptors (Lipinski definition) is 2. The van der Waals surface area contributed by atoms with Gasteiger partial charge in [-0.1, -0.05) is 36.4 Å². The van der Waals surface area contributed by atoms with Crippen LogP contribution in [0.4, 0.5) is 0 Å². The second kappa shape index (κ2) is 7.21. The quantitative estimate of drug-likeness (QED) is 0.486. The molecule has 0 radical (unpaired) electrons. The first-order valence-corrected chi connectivity index (χ1v) is 5.62. The van der Waals surface area contributed by atoms with Crippen LogP contribution in [0.1, 0.15) is 2.85 Å². The summed E-state index contributed by atoms with van der Waals surface area (Å²) in [7, 11) is 0. The molecule has 0 unspecified atom stereocenters. The van der Waals surface area contributed by atoms with Crippen molar-refractivity contribution in [2.24, 2.45) is 0 Å². The van der Waals surface area contributed by atoms with Crippen LogP contribution in [-0.4, -0.2) is 60.5 Å². The summed E-state index contributed by atoms with van der Waals surface area (Å²) in [5, 5.41) is 9.64. The van der Waals surface area contributed by atoms with Crippen LogP contribution in [-0.2, 0) is 4.79 Å². The fraction of sp³-hybridized carbons (Fsp3) is 0. The van der Waals surface area contributed by atoms with Crippen LogP contribution in [0, 0.1) is 0 Å². The molecule has 0 aliphatic rings. The Morgan fingerprint density at radius 1 is 0.941 bits per heavy atom. The molecule has 0 bridgehead atoms. The maximum atomic E-state index is 8.36. The summed E-state index contributed by atoms with van der Waals surface area (Å²) in [6, 6.07) is 17.1. The van der Waals surface area contributed by atoms with Gasteiger partial charge >= 0.3 is 48.9 Å². The number of benzene rings is 2. The average molecular weight is 370 g/mol. The van der Waals surface area contributed by atoms with Crippen LogP contribution in [0.15, 0.2) is 48.5 Å². The van der Waals surface area contributed by atoms with Gasteiger partial charge in [0.15, 0.2) is 0 Å². The van der Waals surface area contributed by atoms with E-state index in [1.165, 1.54) is 20.2 Å². The Balaban J connectivity index is 0. The third-order valence-electron chi connectivity index (χ3n) is 2.28. The first-order valence-electron chi connectivity index (χ1n) is 4.81. The molecule has 1 heterocycles. The van der Waals surface area contributed by atoms with Gasteiger partial charge in [-0.3, -0.25) is 4.79 Å². The van der Waals surface area contributed by atoms with E-state index in [0.29, 0.717) is 0 Å². The van der Waals surface area contributed by atoms with E-state index in [4.69, 9.17) is 9.90 Å². The van der Waals surface area contributed by atoms with Crippen molar-refractivity contribution < 1.29 is 12.8 Å². The van der Waals surface area contributed by atoms with Crippen molar-refractivity contribution in [2.75, 3.05) is 0 Å². The summed E-state index contributed by atoms with van der Waals surface area (Å²) in [5.74, 6) is 0. The molecule has 2 nitrogen and oxygen atoms in total. The molecule has 4 heteroatoms. The maximum Gasteiger partial charge on any atom is 2.00 e. The fourth-order valence-electron chi connectivity index (χ4n) is 1.67. The van der Waals surface area contributed by atoms with Gasteiger partial charge in [-0.15, -0.1) is 11.3 Å². The van der Waals surface area contributed by atoms with E-state index in [1.807, 2.05) is 11.3 Å². The molecule has 2 aromatic carbocycles. The number of thiophene rings is 1. The molecule has 84 valence electrons. The molecule has 0 amide bonds. The standard InChI is InChI=1S/C12H8S.CH2O2.Ba.2H/c1-3-7-11-9(5-1)10-6-2-4-8-12(10)13-11;2-1-3;;;/h1-8H;1H,(H,2,3);;;/q;;+2;2*-1. The minimum Gasteiger partial charge on any atom is -1.00 e. The predicted octanol–water partition coefficient (Wildman–Crippen LogP) is 3.60. The third-order valence-corrected chi connectivity index (χ3v) is 3.44. The van der Waals surface area contributed by atoms with Crippen LogP contribution in [0.3, 0.4) is 0 Å². The fourth-order valence-corrected chi connectivity index (χ4v) is 2.78. The molecule has 1 aromatic heterocycles. The van der Waals surface area contributed by atoms with E-state index < -0.39 is 0 Å². The molecule has 0 fully saturated rings. The third kappa shape index (κ3) is 3.34. The van der Waals surface area contributed by atoms with Crippen molar-refractivity contribution in [3.8, 4) is 0 Å². The van der Waals surface area contributed by atoms with E-state index in [0.717, 1.165) is 0 Å². The van der Waals surface area contributed by atoms with E-state index in [1.54, 1.807) is 0 Å². The predicted molar refractivity (Wildman–Crippen MR) is 76.0 cm³/mol. The SMILES string of the molecule is O=CO.[Ba+2].[H-].[H-].c1ccc2c(c1)sc1ccccc12. The largest absolute Gasteiger partial charge is 2.00 e. The normalized spacial score (nSPS) is 9.18. The van der Waals surface area contributed by atoms with Crippen molar-refractivity contribution in [1.82, 2.24) is 0 Å². The Bertz CT molecular complexity index is 578. The second-order valence-electron chi connectivity index (χ2n) is 3.20. The average Bonchev–Trinajstić information content (AvgIpc) is 2.68. The Morgan fingerprint density at radius 2 is 1.29 bits per heavy atom. The van der Waals surface area contributed by atoms with Gasteiger partial charge in [-0.05, 0) is 12.1 Å². The minimum atomic E-state index is -0.250. The van der Waals surface area contributed by atoms with Gasteiger partial charge in [0.25, 0.3) is 6.47 Å². The molecule has 0 aliphatic carbocycles. The monoisotopic (exact) mass is 370 g/mol. The first-order chi connectivity index (χ1) is 7.86. The summed E-state index contributed by atoms with van der Waals surface area (Å²) in [6.45, 7) is -0.250. The zero-order valence-corrected chi connectivity index (χ0v) is 14.4. The molecule has 3 rings (SSSR count). The van der Waals surface area contributed by atoms with Gasteiger partial charge in [-0.25, -0.2) is 0 Å². The van der Waals surface area contributed by atoms with Crippen LogP contribution < -0.4 is 0 Å².